The van der Waals surface area contributed by atoms with Gasteiger partial charge in [0.2, 0.25) is 0 Å². The van der Waals surface area contributed by atoms with E-state index in [4.69, 9.17) is 5.11 Å². The number of likely N-dealkylation sites (tertiary alicyclic amines) is 1. The third-order valence-corrected chi connectivity index (χ3v) is 3.18. The van der Waals surface area contributed by atoms with Gasteiger partial charge in [-0.25, -0.2) is 9.59 Å². The number of aliphatic carboxylic acids is 1. The second-order valence-corrected chi connectivity index (χ2v) is 4.88. The number of hydrogen-bond acceptors (Lipinski definition) is 3. The summed E-state index contributed by atoms with van der Waals surface area (Å²) in [6.07, 6.45) is -0.657. The molecule has 1 fully saturated rings. The lowest BCUT2D eigenvalue weighted by Gasteiger charge is -2.25. The number of aliphatic hydroxyl groups is 1. The number of carbonyl (C=O) groups excluding carboxylic acids is 1. The number of carboxylic acids is 1. The van der Waals surface area contributed by atoms with Crippen LogP contribution in [-0.4, -0.2) is 51.8 Å². The second kappa shape index (κ2) is 5.35. The highest BCUT2D eigenvalue weighted by molar-refractivity contribution is 5.83. The van der Waals surface area contributed by atoms with E-state index >= 15 is 0 Å². The van der Waals surface area contributed by atoms with E-state index in [1.165, 1.54) is 4.90 Å². The summed E-state index contributed by atoms with van der Waals surface area (Å²) in [5.74, 6) is -0.802. The zero-order valence-electron chi connectivity index (χ0n) is 10.4. The Hall–Kier alpha value is -1.30. The van der Waals surface area contributed by atoms with E-state index in [0.717, 1.165) is 0 Å². The Morgan fingerprint density at radius 3 is 2.41 bits per heavy atom. The summed E-state index contributed by atoms with van der Waals surface area (Å²) in [6, 6.07) is -1.38. The van der Waals surface area contributed by atoms with Crippen LogP contribution in [0, 0.1) is 5.92 Å². The molecule has 1 aliphatic heterocycles. The van der Waals surface area contributed by atoms with Gasteiger partial charge in [-0.1, -0.05) is 13.8 Å². The van der Waals surface area contributed by atoms with Crippen molar-refractivity contribution in [3.05, 3.63) is 0 Å². The number of nitrogens with one attached hydrogen (secondary N) is 1. The van der Waals surface area contributed by atoms with Crippen LogP contribution in [0.2, 0.25) is 0 Å². The fourth-order valence-corrected chi connectivity index (χ4v) is 1.72. The summed E-state index contributed by atoms with van der Waals surface area (Å²) in [5, 5.41) is 21.1. The monoisotopic (exact) mass is 244 g/mol. The Labute approximate surface area is 101 Å². The topological polar surface area (TPSA) is 89.9 Å². The van der Waals surface area contributed by atoms with Crippen molar-refractivity contribution in [3.63, 3.8) is 0 Å². The molecule has 1 aliphatic rings. The van der Waals surface area contributed by atoms with Gasteiger partial charge in [0.05, 0.1) is 6.10 Å². The van der Waals surface area contributed by atoms with E-state index in [9.17, 15) is 14.7 Å². The molecule has 3 N–H and O–H groups in total. The first-order valence-electron chi connectivity index (χ1n) is 5.81. The lowest BCUT2D eigenvalue weighted by molar-refractivity contribution is -0.141. The molecule has 0 spiro atoms. The Balaban J connectivity index is 2.64. The fraction of sp³-hybridized carbons (Fsp3) is 0.818. The van der Waals surface area contributed by atoms with Crippen LogP contribution in [0.4, 0.5) is 4.79 Å². The molecule has 3 atom stereocenters. The molecular formula is C11H20N2O4. The number of urea groups is 1. The number of β-amino-alcohol motifs (C(OH)–C–C–N with tert-alkyl or cyclic N) is 1. The predicted octanol–water partition coefficient (Wildman–Crippen LogP) is 0.260. The predicted molar refractivity (Wildman–Crippen MR) is 61.6 cm³/mol. The lowest BCUT2D eigenvalue weighted by atomic mass is 10.1. The Kier molecular flexibility index (Phi) is 4.34. The molecule has 1 rings (SSSR count). The van der Waals surface area contributed by atoms with Crippen LogP contribution in [0.1, 0.15) is 27.2 Å². The van der Waals surface area contributed by atoms with Crippen molar-refractivity contribution in [1.82, 2.24) is 10.2 Å². The maximum Gasteiger partial charge on any atom is 0.326 e. The van der Waals surface area contributed by atoms with Crippen molar-refractivity contribution >= 4 is 12.0 Å². The van der Waals surface area contributed by atoms with Crippen molar-refractivity contribution in [1.29, 1.82) is 0 Å². The van der Waals surface area contributed by atoms with Crippen LogP contribution < -0.4 is 5.32 Å². The number of amides is 2. The van der Waals surface area contributed by atoms with Crippen molar-refractivity contribution in [2.24, 2.45) is 5.92 Å². The third-order valence-electron chi connectivity index (χ3n) is 3.18. The molecule has 0 aliphatic carbocycles. The van der Waals surface area contributed by atoms with Crippen LogP contribution >= 0.6 is 0 Å². The van der Waals surface area contributed by atoms with E-state index < -0.39 is 24.1 Å². The standard InChI is InChI=1S/C11H20N2O4/c1-6(2)7(3)12-11(17)13-5-8(14)4-9(13)10(15)16/h6-9,14H,4-5H2,1-3H3,(H,12,17)(H,15,16)/t7?,8-,9-/m1/s1. The number of carboxylic acid groups (broad SMARTS) is 1. The average molecular weight is 244 g/mol. The maximum atomic E-state index is 11.9. The molecule has 1 heterocycles. The minimum atomic E-state index is -1.08. The van der Waals surface area contributed by atoms with Crippen molar-refractivity contribution < 1.29 is 19.8 Å². The number of hydrogen-bond donors (Lipinski definition) is 3. The van der Waals surface area contributed by atoms with Crippen LogP contribution in [-0.2, 0) is 4.79 Å². The molecule has 6 heteroatoms. The van der Waals surface area contributed by atoms with Crippen LogP contribution in [0.3, 0.4) is 0 Å². The van der Waals surface area contributed by atoms with Crippen LogP contribution in [0.5, 0.6) is 0 Å². The highest BCUT2D eigenvalue weighted by Crippen LogP contribution is 2.18. The molecule has 0 aromatic heterocycles. The van der Waals surface area contributed by atoms with E-state index in [0.29, 0.717) is 0 Å². The molecule has 6 nitrogen and oxygen atoms in total. The minimum Gasteiger partial charge on any atom is -0.480 e. The summed E-state index contributed by atoms with van der Waals surface area (Å²) < 4.78 is 0. The largest absolute Gasteiger partial charge is 0.480 e. The second-order valence-electron chi connectivity index (χ2n) is 4.88. The SMILES string of the molecule is CC(C)C(C)NC(=O)N1C[C@H](O)C[C@@H]1C(=O)O. The van der Waals surface area contributed by atoms with Gasteiger partial charge in [0.15, 0.2) is 0 Å². The Bertz CT molecular complexity index is 306. The van der Waals surface area contributed by atoms with Crippen LogP contribution in [0.15, 0.2) is 0 Å². The van der Waals surface area contributed by atoms with E-state index in [1.807, 2.05) is 20.8 Å². The number of carbonyl (C=O) groups is 2. The van der Waals surface area contributed by atoms with Crippen molar-refractivity contribution in [2.45, 2.75) is 45.4 Å². The Morgan fingerprint density at radius 1 is 1.35 bits per heavy atom. The minimum absolute atomic E-state index is 0.0327. The highest BCUT2D eigenvalue weighted by atomic mass is 16.4. The fourth-order valence-electron chi connectivity index (χ4n) is 1.72. The first kappa shape index (κ1) is 13.8. The molecule has 17 heavy (non-hydrogen) atoms. The number of nitrogens with zero attached hydrogens (tertiary/aromatic N) is 1. The smallest absolute Gasteiger partial charge is 0.326 e. The molecular weight excluding hydrogens is 224 g/mol. The molecule has 0 saturated carbocycles. The first-order valence-corrected chi connectivity index (χ1v) is 5.81. The van der Waals surface area contributed by atoms with Gasteiger partial charge in [0, 0.05) is 19.0 Å². The lowest BCUT2D eigenvalue weighted by Crippen LogP contribution is -2.49. The average Bonchev–Trinajstić information content (AvgIpc) is 2.60. The summed E-state index contributed by atoms with van der Waals surface area (Å²) in [7, 11) is 0. The zero-order chi connectivity index (χ0) is 13.2. The third kappa shape index (κ3) is 3.33. The van der Waals surface area contributed by atoms with E-state index in [2.05, 4.69) is 5.32 Å². The number of aliphatic hydroxyl groups excluding tert-OH is 1. The van der Waals surface area contributed by atoms with Gasteiger partial charge in [-0.2, -0.15) is 0 Å². The van der Waals surface area contributed by atoms with Gasteiger partial charge >= 0.3 is 12.0 Å². The van der Waals surface area contributed by atoms with Gasteiger partial charge in [0.1, 0.15) is 6.04 Å². The summed E-state index contributed by atoms with van der Waals surface area (Å²) in [4.78, 5) is 24.0. The van der Waals surface area contributed by atoms with Gasteiger partial charge in [-0.05, 0) is 12.8 Å². The zero-order valence-corrected chi connectivity index (χ0v) is 10.4. The first-order chi connectivity index (χ1) is 7.82. The van der Waals surface area contributed by atoms with Gasteiger partial charge in [0.25, 0.3) is 0 Å². The molecule has 1 saturated heterocycles. The summed E-state index contributed by atoms with van der Waals surface area (Å²) >= 11 is 0. The molecule has 2 amide bonds. The molecule has 0 aromatic rings. The highest BCUT2D eigenvalue weighted by Gasteiger charge is 2.39. The van der Waals surface area contributed by atoms with Gasteiger partial charge < -0.3 is 20.4 Å². The van der Waals surface area contributed by atoms with Gasteiger partial charge in [-0.3, -0.25) is 0 Å². The Morgan fingerprint density at radius 2 is 1.94 bits per heavy atom. The molecule has 1 unspecified atom stereocenters. The molecule has 0 bridgehead atoms. The van der Waals surface area contributed by atoms with E-state index in [1.54, 1.807) is 0 Å². The molecule has 0 radical (unpaired) electrons. The van der Waals surface area contributed by atoms with Gasteiger partial charge in [-0.15, -0.1) is 0 Å². The number of rotatable bonds is 3. The maximum absolute atomic E-state index is 11.9. The summed E-state index contributed by atoms with van der Waals surface area (Å²) in [5.41, 5.74) is 0. The van der Waals surface area contributed by atoms with Crippen LogP contribution in [0.25, 0.3) is 0 Å². The molecule has 0 aromatic carbocycles. The van der Waals surface area contributed by atoms with Crippen molar-refractivity contribution in [3.8, 4) is 0 Å². The molecule has 98 valence electrons. The van der Waals surface area contributed by atoms with Crippen molar-refractivity contribution in [2.75, 3.05) is 6.54 Å². The normalized spacial score (nSPS) is 26.1. The quantitative estimate of drug-likeness (QED) is 0.664. The van der Waals surface area contributed by atoms with E-state index in [-0.39, 0.29) is 24.9 Å². The summed E-state index contributed by atoms with van der Waals surface area (Å²) in [6.45, 7) is 5.88.